The smallest absolute Gasteiger partial charge is 0.233 e. The van der Waals surface area contributed by atoms with Crippen molar-refractivity contribution in [1.82, 2.24) is 4.90 Å². The van der Waals surface area contributed by atoms with Crippen molar-refractivity contribution < 1.29 is 13.2 Å². The van der Waals surface area contributed by atoms with Crippen molar-refractivity contribution in [3.05, 3.63) is 29.3 Å². The van der Waals surface area contributed by atoms with Gasteiger partial charge in [-0.05, 0) is 38.3 Å². The second-order valence-corrected chi connectivity index (χ2v) is 9.45. The maximum Gasteiger partial charge on any atom is 0.233 e. The molecule has 2 rings (SSSR count). The molecule has 1 saturated heterocycles. The highest BCUT2D eigenvalue weighted by Gasteiger charge is 2.34. The molecule has 1 aromatic rings. The molecule has 0 spiro atoms. The lowest BCUT2D eigenvalue weighted by Crippen LogP contribution is -2.42. The molecule has 6 heteroatoms. The Bertz CT molecular complexity index is 670. The summed E-state index contributed by atoms with van der Waals surface area (Å²) >= 11 is 1.54. The van der Waals surface area contributed by atoms with E-state index in [0.717, 1.165) is 11.3 Å². The number of benzene rings is 1. The predicted molar refractivity (Wildman–Crippen MR) is 95.7 cm³/mol. The number of carbonyl (C=O) groups is 1. The zero-order chi connectivity index (χ0) is 17.0. The van der Waals surface area contributed by atoms with E-state index >= 15 is 0 Å². The third-order valence-electron chi connectivity index (χ3n) is 4.13. The Morgan fingerprint density at radius 2 is 2.09 bits per heavy atom. The molecule has 0 aliphatic carbocycles. The molecule has 1 aliphatic heterocycles. The first-order chi connectivity index (χ1) is 10.8. The highest BCUT2D eigenvalue weighted by atomic mass is 32.2. The van der Waals surface area contributed by atoms with Gasteiger partial charge in [-0.3, -0.25) is 4.79 Å². The standard InChI is InChI=1S/C17H25NO3S2/c1-4-8-18(15-7-9-23(20,21)12-15)17(19)11-22-16-10-13(2)5-6-14(16)3/h5-6,10,15H,4,7-9,11-12H2,1-3H3. The number of aryl methyl sites for hydroxylation is 2. The van der Waals surface area contributed by atoms with Gasteiger partial charge in [0.1, 0.15) is 0 Å². The van der Waals surface area contributed by atoms with Gasteiger partial charge < -0.3 is 4.90 Å². The lowest BCUT2D eigenvalue weighted by Gasteiger charge is -2.28. The number of sulfone groups is 1. The van der Waals surface area contributed by atoms with Crippen LogP contribution in [0.25, 0.3) is 0 Å². The third kappa shape index (κ3) is 4.98. The number of rotatable bonds is 6. The Kier molecular flexibility index (Phi) is 6.14. The quantitative estimate of drug-likeness (QED) is 0.736. The summed E-state index contributed by atoms with van der Waals surface area (Å²) in [5.41, 5.74) is 2.34. The van der Waals surface area contributed by atoms with Crippen molar-refractivity contribution in [3.8, 4) is 0 Å². The summed E-state index contributed by atoms with van der Waals surface area (Å²) in [6.45, 7) is 6.73. The van der Waals surface area contributed by atoms with Gasteiger partial charge in [-0.1, -0.05) is 24.6 Å². The van der Waals surface area contributed by atoms with Crippen molar-refractivity contribution >= 4 is 27.5 Å². The first-order valence-electron chi connectivity index (χ1n) is 8.02. The van der Waals surface area contributed by atoms with E-state index in [9.17, 15) is 13.2 Å². The molecule has 1 aromatic carbocycles. The predicted octanol–water partition coefficient (Wildman–Crippen LogP) is 2.82. The average molecular weight is 356 g/mol. The van der Waals surface area contributed by atoms with Crippen LogP contribution in [-0.4, -0.2) is 49.1 Å². The Balaban J connectivity index is 2.02. The molecule has 128 valence electrons. The summed E-state index contributed by atoms with van der Waals surface area (Å²) in [6.07, 6.45) is 1.42. The Labute approximate surface area is 143 Å². The largest absolute Gasteiger partial charge is 0.338 e. The van der Waals surface area contributed by atoms with Crippen LogP contribution in [0.3, 0.4) is 0 Å². The molecule has 1 fully saturated rings. The van der Waals surface area contributed by atoms with Gasteiger partial charge >= 0.3 is 0 Å². The molecule has 0 saturated carbocycles. The maximum absolute atomic E-state index is 12.6. The van der Waals surface area contributed by atoms with Gasteiger partial charge in [-0.25, -0.2) is 8.42 Å². The Morgan fingerprint density at radius 1 is 1.35 bits per heavy atom. The van der Waals surface area contributed by atoms with Crippen LogP contribution in [0.5, 0.6) is 0 Å². The Morgan fingerprint density at radius 3 is 2.70 bits per heavy atom. The van der Waals surface area contributed by atoms with Crippen molar-refractivity contribution in [3.63, 3.8) is 0 Å². The van der Waals surface area contributed by atoms with Crippen LogP contribution in [-0.2, 0) is 14.6 Å². The van der Waals surface area contributed by atoms with Gasteiger partial charge in [0.05, 0.1) is 17.3 Å². The lowest BCUT2D eigenvalue weighted by atomic mass is 10.2. The summed E-state index contributed by atoms with van der Waals surface area (Å²) in [4.78, 5) is 15.5. The van der Waals surface area contributed by atoms with Crippen LogP contribution in [0.2, 0.25) is 0 Å². The van der Waals surface area contributed by atoms with E-state index in [1.807, 2.05) is 20.8 Å². The third-order valence-corrected chi connectivity index (χ3v) is 7.02. The van der Waals surface area contributed by atoms with E-state index in [0.29, 0.717) is 18.7 Å². The molecular weight excluding hydrogens is 330 g/mol. The number of hydrogen-bond acceptors (Lipinski definition) is 4. The van der Waals surface area contributed by atoms with Crippen LogP contribution in [0.1, 0.15) is 30.9 Å². The topological polar surface area (TPSA) is 54.5 Å². The van der Waals surface area contributed by atoms with E-state index in [-0.39, 0.29) is 23.5 Å². The SMILES string of the molecule is CCCN(C(=O)CSc1cc(C)ccc1C)C1CCS(=O)(=O)C1. The molecule has 0 aromatic heterocycles. The zero-order valence-electron chi connectivity index (χ0n) is 14.0. The molecule has 1 aliphatic rings. The van der Waals surface area contributed by atoms with Gasteiger partial charge in [0, 0.05) is 17.5 Å². The van der Waals surface area contributed by atoms with E-state index in [4.69, 9.17) is 0 Å². The van der Waals surface area contributed by atoms with Crippen molar-refractivity contribution in [2.45, 2.75) is 44.6 Å². The normalized spacial score (nSPS) is 19.7. The van der Waals surface area contributed by atoms with Gasteiger partial charge in [0.2, 0.25) is 5.91 Å². The maximum atomic E-state index is 12.6. The van der Waals surface area contributed by atoms with Gasteiger partial charge in [0.15, 0.2) is 9.84 Å². The molecule has 1 atom stereocenters. The molecule has 4 nitrogen and oxygen atoms in total. The summed E-state index contributed by atoms with van der Waals surface area (Å²) in [5, 5.41) is 0. The fourth-order valence-corrected chi connectivity index (χ4v) is 5.60. The number of thioether (sulfide) groups is 1. The number of hydrogen-bond donors (Lipinski definition) is 0. The van der Waals surface area contributed by atoms with E-state index in [1.165, 1.54) is 11.1 Å². The average Bonchev–Trinajstić information content (AvgIpc) is 2.85. The lowest BCUT2D eigenvalue weighted by molar-refractivity contribution is -0.130. The number of nitrogens with zero attached hydrogens (tertiary/aromatic N) is 1. The number of amides is 1. The minimum Gasteiger partial charge on any atom is -0.338 e. The molecule has 1 amide bonds. The molecule has 1 heterocycles. The van der Waals surface area contributed by atoms with Crippen molar-refractivity contribution in [2.24, 2.45) is 0 Å². The second-order valence-electron chi connectivity index (χ2n) is 6.20. The Hall–Kier alpha value is -1.01. The van der Waals surface area contributed by atoms with Gasteiger partial charge in [0.25, 0.3) is 0 Å². The minimum atomic E-state index is -2.97. The van der Waals surface area contributed by atoms with Gasteiger partial charge in [-0.2, -0.15) is 0 Å². The first kappa shape index (κ1) is 18.3. The number of carbonyl (C=O) groups excluding carboxylic acids is 1. The van der Waals surface area contributed by atoms with Crippen LogP contribution in [0.15, 0.2) is 23.1 Å². The summed E-state index contributed by atoms with van der Waals surface area (Å²) in [5.74, 6) is 0.725. The molecular formula is C17H25NO3S2. The van der Waals surface area contributed by atoms with Gasteiger partial charge in [-0.15, -0.1) is 11.8 Å². The fourth-order valence-electron chi connectivity index (χ4n) is 2.86. The molecule has 1 unspecified atom stereocenters. The van der Waals surface area contributed by atoms with Crippen molar-refractivity contribution in [1.29, 1.82) is 0 Å². The molecule has 0 radical (unpaired) electrons. The van der Waals surface area contributed by atoms with Crippen LogP contribution in [0.4, 0.5) is 0 Å². The summed E-state index contributed by atoms with van der Waals surface area (Å²) in [6, 6.07) is 6.08. The van der Waals surface area contributed by atoms with E-state index < -0.39 is 9.84 Å². The molecule has 23 heavy (non-hydrogen) atoms. The zero-order valence-corrected chi connectivity index (χ0v) is 15.7. The molecule has 0 bridgehead atoms. The second kappa shape index (κ2) is 7.71. The molecule has 0 N–H and O–H groups in total. The monoisotopic (exact) mass is 355 g/mol. The van der Waals surface area contributed by atoms with Crippen LogP contribution >= 0.6 is 11.8 Å². The minimum absolute atomic E-state index is 0.0415. The summed E-state index contributed by atoms with van der Waals surface area (Å²) < 4.78 is 23.4. The van der Waals surface area contributed by atoms with Crippen LogP contribution < -0.4 is 0 Å². The van der Waals surface area contributed by atoms with Crippen LogP contribution in [0, 0.1) is 13.8 Å². The highest BCUT2D eigenvalue weighted by molar-refractivity contribution is 8.00. The van der Waals surface area contributed by atoms with E-state index in [1.54, 1.807) is 16.7 Å². The van der Waals surface area contributed by atoms with E-state index in [2.05, 4.69) is 18.2 Å². The first-order valence-corrected chi connectivity index (χ1v) is 10.8. The fraction of sp³-hybridized carbons (Fsp3) is 0.588. The highest BCUT2D eigenvalue weighted by Crippen LogP contribution is 2.25. The van der Waals surface area contributed by atoms with Crippen molar-refractivity contribution in [2.75, 3.05) is 23.8 Å². The summed E-state index contributed by atoms with van der Waals surface area (Å²) in [7, 11) is -2.97.